The van der Waals surface area contributed by atoms with Gasteiger partial charge in [-0.05, 0) is 35.4 Å². The van der Waals surface area contributed by atoms with Crippen molar-refractivity contribution < 1.29 is 9.90 Å². The zero-order valence-corrected chi connectivity index (χ0v) is 11.9. The van der Waals surface area contributed by atoms with Crippen LogP contribution in [0.15, 0.2) is 48.5 Å². The van der Waals surface area contributed by atoms with Crippen molar-refractivity contribution in [3.05, 3.63) is 54.1 Å². The van der Waals surface area contributed by atoms with Crippen molar-refractivity contribution in [2.45, 2.75) is 6.92 Å². The van der Waals surface area contributed by atoms with E-state index in [2.05, 4.69) is 11.8 Å². The average Bonchev–Trinajstić information content (AvgIpc) is 2.45. The van der Waals surface area contributed by atoms with Crippen LogP contribution in [0.3, 0.4) is 0 Å². The monoisotopic (exact) mass is 282 g/mol. The van der Waals surface area contributed by atoms with Crippen LogP contribution in [0.2, 0.25) is 0 Å². The van der Waals surface area contributed by atoms with Crippen LogP contribution in [0.4, 0.5) is 0 Å². The minimum atomic E-state index is 0.0852. The van der Waals surface area contributed by atoms with Crippen LogP contribution in [0, 0.1) is 11.8 Å². The van der Waals surface area contributed by atoms with Crippen LogP contribution >= 0.6 is 11.8 Å². The third-order valence-corrected chi connectivity index (χ3v) is 3.36. The number of hydrogen-bond donors (Lipinski definition) is 1. The van der Waals surface area contributed by atoms with Crippen LogP contribution in [-0.4, -0.2) is 16.0 Å². The molecule has 100 valence electrons. The summed E-state index contributed by atoms with van der Waals surface area (Å²) < 4.78 is 0. The molecule has 0 aliphatic rings. The summed E-state index contributed by atoms with van der Waals surface area (Å²) in [6.07, 6.45) is 0. The van der Waals surface area contributed by atoms with E-state index in [1.807, 2.05) is 36.4 Å². The van der Waals surface area contributed by atoms with Crippen molar-refractivity contribution in [3.8, 4) is 28.7 Å². The van der Waals surface area contributed by atoms with E-state index >= 15 is 0 Å². The Kier molecular flexibility index (Phi) is 4.86. The van der Waals surface area contributed by atoms with Crippen LogP contribution in [0.5, 0.6) is 5.75 Å². The standard InChI is InChI=1S/C17H14O2S/c1-13(18)20-12-2-3-14-4-6-15(7-5-14)16-8-10-17(19)11-9-16/h4-11,19H,12H2,1H3. The van der Waals surface area contributed by atoms with E-state index < -0.39 is 0 Å². The highest BCUT2D eigenvalue weighted by atomic mass is 32.2. The van der Waals surface area contributed by atoms with E-state index in [9.17, 15) is 9.90 Å². The van der Waals surface area contributed by atoms with Crippen LogP contribution < -0.4 is 0 Å². The molecule has 0 bridgehead atoms. The van der Waals surface area contributed by atoms with Crippen LogP contribution in [-0.2, 0) is 4.79 Å². The first-order chi connectivity index (χ1) is 9.65. The van der Waals surface area contributed by atoms with E-state index in [1.165, 1.54) is 11.8 Å². The van der Waals surface area contributed by atoms with Gasteiger partial charge in [-0.25, -0.2) is 0 Å². The molecule has 0 aliphatic carbocycles. The van der Waals surface area contributed by atoms with Gasteiger partial charge in [-0.15, -0.1) is 0 Å². The quantitative estimate of drug-likeness (QED) is 0.854. The average molecular weight is 282 g/mol. The van der Waals surface area contributed by atoms with Crippen molar-refractivity contribution in [1.29, 1.82) is 0 Å². The van der Waals surface area contributed by atoms with Gasteiger partial charge in [-0.1, -0.05) is 47.9 Å². The molecule has 1 N–H and O–H groups in total. The molecule has 0 radical (unpaired) electrons. The maximum absolute atomic E-state index is 10.8. The summed E-state index contributed by atoms with van der Waals surface area (Å²) in [5.41, 5.74) is 3.06. The van der Waals surface area contributed by atoms with Gasteiger partial charge in [0.15, 0.2) is 5.12 Å². The third kappa shape index (κ3) is 4.18. The van der Waals surface area contributed by atoms with Gasteiger partial charge in [0, 0.05) is 12.5 Å². The van der Waals surface area contributed by atoms with Crippen molar-refractivity contribution in [1.82, 2.24) is 0 Å². The summed E-state index contributed by atoms with van der Waals surface area (Å²) in [6, 6.07) is 15.0. The Morgan fingerprint density at radius 1 is 1.05 bits per heavy atom. The number of hydrogen-bond acceptors (Lipinski definition) is 3. The Hall–Kier alpha value is -2.18. The van der Waals surface area contributed by atoms with Crippen LogP contribution in [0.1, 0.15) is 12.5 Å². The van der Waals surface area contributed by atoms with Gasteiger partial charge in [-0.2, -0.15) is 0 Å². The minimum Gasteiger partial charge on any atom is -0.508 e. The Bertz CT molecular complexity index is 646. The summed E-state index contributed by atoms with van der Waals surface area (Å²) in [6.45, 7) is 1.54. The summed E-state index contributed by atoms with van der Waals surface area (Å²) in [5, 5.41) is 9.35. The van der Waals surface area contributed by atoms with Gasteiger partial charge >= 0.3 is 0 Å². The van der Waals surface area contributed by atoms with Crippen LogP contribution in [0.25, 0.3) is 11.1 Å². The van der Waals surface area contributed by atoms with E-state index in [-0.39, 0.29) is 10.9 Å². The second-order valence-electron chi connectivity index (χ2n) is 4.21. The zero-order valence-electron chi connectivity index (χ0n) is 11.1. The number of aromatic hydroxyl groups is 1. The molecule has 0 unspecified atom stereocenters. The van der Waals surface area contributed by atoms with Crippen molar-refractivity contribution >= 4 is 16.9 Å². The Morgan fingerprint density at radius 2 is 1.60 bits per heavy atom. The van der Waals surface area contributed by atoms with E-state index in [0.717, 1.165) is 16.7 Å². The second-order valence-corrected chi connectivity index (χ2v) is 5.36. The number of phenolic OH excluding ortho intramolecular Hbond substituents is 1. The lowest BCUT2D eigenvalue weighted by Crippen LogP contribution is -1.83. The smallest absolute Gasteiger partial charge is 0.186 e. The molecular formula is C17H14O2S. The first kappa shape index (κ1) is 14.2. The number of phenols is 1. The molecule has 0 aliphatic heterocycles. The normalized spacial score (nSPS) is 9.65. The van der Waals surface area contributed by atoms with Gasteiger partial charge < -0.3 is 5.11 Å². The molecular weight excluding hydrogens is 268 g/mol. The maximum atomic E-state index is 10.8. The largest absolute Gasteiger partial charge is 0.508 e. The van der Waals surface area contributed by atoms with Gasteiger partial charge in [0.25, 0.3) is 0 Å². The fourth-order valence-electron chi connectivity index (χ4n) is 1.68. The molecule has 0 spiro atoms. The zero-order chi connectivity index (χ0) is 14.4. The molecule has 2 aromatic carbocycles. The Labute approximate surface area is 122 Å². The first-order valence-electron chi connectivity index (χ1n) is 6.17. The van der Waals surface area contributed by atoms with Crippen molar-refractivity contribution in [2.75, 3.05) is 5.75 Å². The predicted molar refractivity (Wildman–Crippen MR) is 83.6 cm³/mol. The number of carbonyl (C=O) groups excluding carboxylic acids is 1. The fourth-order valence-corrected chi connectivity index (χ4v) is 2.02. The molecule has 20 heavy (non-hydrogen) atoms. The molecule has 3 heteroatoms. The third-order valence-electron chi connectivity index (χ3n) is 2.67. The number of thioether (sulfide) groups is 1. The van der Waals surface area contributed by atoms with E-state index in [0.29, 0.717) is 5.75 Å². The molecule has 0 saturated heterocycles. The molecule has 0 amide bonds. The first-order valence-corrected chi connectivity index (χ1v) is 7.15. The topological polar surface area (TPSA) is 37.3 Å². The van der Waals surface area contributed by atoms with Gasteiger partial charge in [-0.3, -0.25) is 4.79 Å². The Balaban J connectivity index is 2.06. The summed E-state index contributed by atoms with van der Waals surface area (Å²) >= 11 is 1.22. The van der Waals surface area contributed by atoms with E-state index in [4.69, 9.17) is 0 Å². The number of rotatable bonds is 2. The molecule has 0 heterocycles. The van der Waals surface area contributed by atoms with Gasteiger partial charge in [0.2, 0.25) is 0 Å². The lowest BCUT2D eigenvalue weighted by Gasteiger charge is -2.01. The fraction of sp³-hybridized carbons (Fsp3) is 0.118. The maximum Gasteiger partial charge on any atom is 0.186 e. The van der Waals surface area contributed by atoms with Gasteiger partial charge in [0.1, 0.15) is 5.75 Å². The summed E-state index contributed by atoms with van der Waals surface area (Å²) in [5.74, 6) is 6.77. The van der Waals surface area contributed by atoms with E-state index in [1.54, 1.807) is 19.1 Å². The SMILES string of the molecule is CC(=O)SCC#Cc1ccc(-c2ccc(O)cc2)cc1. The summed E-state index contributed by atoms with van der Waals surface area (Å²) in [4.78, 5) is 10.8. The predicted octanol–water partition coefficient (Wildman–Crippen LogP) is 3.69. The number of carbonyl (C=O) groups is 1. The highest BCUT2D eigenvalue weighted by molar-refractivity contribution is 8.13. The minimum absolute atomic E-state index is 0.0852. The van der Waals surface area contributed by atoms with Gasteiger partial charge in [0.05, 0.1) is 5.75 Å². The molecule has 2 aromatic rings. The molecule has 2 rings (SSSR count). The molecule has 0 fully saturated rings. The summed E-state index contributed by atoms with van der Waals surface area (Å²) in [7, 11) is 0. The lowest BCUT2D eigenvalue weighted by atomic mass is 10.0. The molecule has 0 saturated carbocycles. The van der Waals surface area contributed by atoms with Crippen molar-refractivity contribution in [2.24, 2.45) is 0 Å². The van der Waals surface area contributed by atoms with Crippen molar-refractivity contribution in [3.63, 3.8) is 0 Å². The molecule has 0 aromatic heterocycles. The Morgan fingerprint density at radius 3 is 2.15 bits per heavy atom. The molecule has 2 nitrogen and oxygen atoms in total. The lowest BCUT2D eigenvalue weighted by molar-refractivity contribution is -0.109. The highest BCUT2D eigenvalue weighted by Gasteiger charge is 1.97. The highest BCUT2D eigenvalue weighted by Crippen LogP contribution is 2.21. The number of benzene rings is 2. The second kappa shape index (κ2) is 6.83. The molecule has 0 atom stereocenters.